The van der Waals surface area contributed by atoms with Gasteiger partial charge in [0.15, 0.2) is 0 Å². The van der Waals surface area contributed by atoms with Crippen LogP contribution in [0, 0.1) is 5.82 Å². The lowest BCUT2D eigenvalue weighted by molar-refractivity contribution is 0.0785. The summed E-state index contributed by atoms with van der Waals surface area (Å²) in [6.07, 6.45) is 0. The van der Waals surface area contributed by atoms with E-state index >= 15 is 0 Å². The smallest absolute Gasteiger partial charge is 0.254 e. The molecule has 5 nitrogen and oxygen atoms in total. The molecular weight excluding hydrogens is 295 g/mol. The molecule has 2 aromatic rings. The number of anilines is 1. The number of hydrazine groups is 1. The molecule has 0 unspecified atom stereocenters. The molecule has 0 aliphatic carbocycles. The van der Waals surface area contributed by atoms with E-state index in [1.54, 1.807) is 19.2 Å². The van der Waals surface area contributed by atoms with E-state index in [1.165, 1.54) is 29.2 Å². The minimum Gasteiger partial charge on any atom is -0.337 e. The fourth-order valence-corrected chi connectivity index (χ4v) is 2.06. The molecule has 0 fully saturated rings. The highest BCUT2D eigenvalue weighted by atomic mass is 35.5. The van der Waals surface area contributed by atoms with Crippen LogP contribution in [-0.2, 0) is 6.54 Å². The van der Waals surface area contributed by atoms with Gasteiger partial charge in [-0.2, -0.15) is 0 Å². The molecule has 0 radical (unpaired) electrons. The lowest BCUT2D eigenvalue weighted by Gasteiger charge is -2.18. The van der Waals surface area contributed by atoms with Crippen LogP contribution in [0.3, 0.4) is 0 Å². The zero-order valence-electron chi connectivity index (χ0n) is 11.3. The average Bonchev–Trinajstić information content (AvgIpc) is 2.48. The highest BCUT2D eigenvalue weighted by Gasteiger charge is 2.14. The summed E-state index contributed by atoms with van der Waals surface area (Å²) < 4.78 is 12.9. The molecule has 1 aromatic heterocycles. The molecule has 1 aromatic carbocycles. The van der Waals surface area contributed by atoms with Crippen molar-refractivity contribution in [2.24, 2.45) is 5.84 Å². The van der Waals surface area contributed by atoms with E-state index < -0.39 is 0 Å². The number of carbonyl (C=O) groups is 1. The van der Waals surface area contributed by atoms with Gasteiger partial charge in [-0.05, 0) is 29.8 Å². The molecule has 7 heteroatoms. The summed E-state index contributed by atoms with van der Waals surface area (Å²) in [5.74, 6) is 5.03. The standard InChI is InChI=1S/C14H14ClFN4O/c1-20(8-9-2-4-11(16)5-3-9)14(21)10-6-12(15)18-13(7-10)19-17/h2-7H,8,17H2,1H3,(H,18,19). The van der Waals surface area contributed by atoms with Crippen molar-refractivity contribution in [1.82, 2.24) is 9.88 Å². The maximum Gasteiger partial charge on any atom is 0.254 e. The third-order valence-corrected chi connectivity index (χ3v) is 3.06. The number of carbonyl (C=O) groups excluding carboxylic acids is 1. The molecule has 0 saturated heterocycles. The van der Waals surface area contributed by atoms with E-state index in [1.807, 2.05) is 0 Å². The SMILES string of the molecule is CN(Cc1ccc(F)cc1)C(=O)c1cc(Cl)nc(NN)c1. The van der Waals surface area contributed by atoms with Gasteiger partial charge in [0.05, 0.1) is 0 Å². The van der Waals surface area contributed by atoms with Gasteiger partial charge in [0.25, 0.3) is 5.91 Å². The number of aromatic nitrogens is 1. The van der Waals surface area contributed by atoms with E-state index in [0.29, 0.717) is 17.9 Å². The maximum absolute atomic E-state index is 12.9. The van der Waals surface area contributed by atoms with Gasteiger partial charge >= 0.3 is 0 Å². The van der Waals surface area contributed by atoms with E-state index in [0.717, 1.165) is 5.56 Å². The zero-order chi connectivity index (χ0) is 15.4. The molecule has 0 aliphatic rings. The van der Waals surface area contributed by atoms with Crippen molar-refractivity contribution in [3.05, 3.63) is 58.5 Å². The number of nitrogens with zero attached hydrogens (tertiary/aromatic N) is 2. The van der Waals surface area contributed by atoms with Crippen molar-refractivity contribution in [2.45, 2.75) is 6.54 Å². The number of benzene rings is 1. The molecule has 0 bridgehead atoms. The molecule has 1 heterocycles. The topological polar surface area (TPSA) is 71.2 Å². The Morgan fingerprint density at radius 3 is 2.67 bits per heavy atom. The Kier molecular flexibility index (Phi) is 4.72. The van der Waals surface area contributed by atoms with Gasteiger partial charge in [-0.15, -0.1) is 0 Å². The maximum atomic E-state index is 12.9. The minimum absolute atomic E-state index is 0.170. The second kappa shape index (κ2) is 6.51. The van der Waals surface area contributed by atoms with Gasteiger partial charge in [0.2, 0.25) is 0 Å². The number of amides is 1. The number of nitrogen functional groups attached to an aromatic ring is 1. The van der Waals surface area contributed by atoms with Gasteiger partial charge in [-0.3, -0.25) is 4.79 Å². The van der Waals surface area contributed by atoms with Crippen LogP contribution in [0.25, 0.3) is 0 Å². The molecule has 21 heavy (non-hydrogen) atoms. The number of halogens is 2. The first-order valence-corrected chi connectivity index (χ1v) is 6.51. The van der Waals surface area contributed by atoms with Crippen LogP contribution >= 0.6 is 11.6 Å². The summed E-state index contributed by atoms with van der Waals surface area (Å²) in [4.78, 5) is 17.7. The molecule has 0 aliphatic heterocycles. The van der Waals surface area contributed by atoms with Crippen LogP contribution in [0.5, 0.6) is 0 Å². The lowest BCUT2D eigenvalue weighted by atomic mass is 10.2. The van der Waals surface area contributed by atoms with Gasteiger partial charge in [-0.1, -0.05) is 23.7 Å². The highest BCUT2D eigenvalue weighted by Crippen LogP contribution is 2.16. The lowest BCUT2D eigenvalue weighted by Crippen LogP contribution is -2.26. The second-order valence-corrected chi connectivity index (χ2v) is 4.88. The van der Waals surface area contributed by atoms with Crippen molar-refractivity contribution < 1.29 is 9.18 Å². The fourth-order valence-electron chi connectivity index (χ4n) is 1.85. The first-order chi connectivity index (χ1) is 9.99. The van der Waals surface area contributed by atoms with E-state index in [4.69, 9.17) is 17.4 Å². The van der Waals surface area contributed by atoms with Crippen LogP contribution in [-0.4, -0.2) is 22.8 Å². The Morgan fingerprint density at radius 2 is 2.05 bits per heavy atom. The van der Waals surface area contributed by atoms with Crippen molar-refractivity contribution >= 4 is 23.3 Å². The van der Waals surface area contributed by atoms with Crippen molar-refractivity contribution in [3.8, 4) is 0 Å². The van der Waals surface area contributed by atoms with Gasteiger partial charge in [-0.25, -0.2) is 15.2 Å². The predicted octanol–water partition coefficient (Wildman–Crippen LogP) is 2.43. The molecule has 0 spiro atoms. The number of pyridine rings is 1. The van der Waals surface area contributed by atoms with E-state index in [-0.39, 0.29) is 16.9 Å². The Labute approximate surface area is 126 Å². The van der Waals surface area contributed by atoms with E-state index in [9.17, 15) is 9.18 Å². The van der Waals surface area contributed by atoms with Gasteiger partial charge < -0.3 is 10.3 Å². The molecule has 0 atom stereocenters. The number of nitrogens with one attached hydrogen (secondary N) is 1. The van der Waals surface area contributed by atoms with Crippen LogP contribution in [0.4, 0.5) is 10.2 Å². The fraction of sp³-hybridized carbons (Fsp3) is 0.143. The van der Waals surface area contributed by atoms with Crippen molar-refractivity contribution in [2.75, 3.05) is 12.5 Å². The largest absolute Gasteiger partial charge is 0.337 e. The Balaban J connectivity index is 2.15. The monoisotopic (exact) mass is 308 g/mol. The van der Waals surface area contributed by atoms with Crippen molar-refractivity contribution in [3.63, 3.8) is 0 Å². The number of rotatable bonds is 4. The Bertz CT molecular complexity index is 648. The second-order valence-electron chi connectivity index (χ2n) is 4.50. The first-order valence-electron chi connectivity index (χ1n) is 6.13. The molecule has 110 valence electrons. The number of hydrogen-bond acceptors (Lipinski definition) is 4. The van der Waals surface area contributed by atoms with Crippen LogP contribution < -0.4 is 11.3 Å². The van der Waals surface area contributed by atoms with Gasteiger partial charge in [0.1, 0.15) is 16.8 Å². The van der Waals surface area contributed by atoms with Crippen molar-refractivity contribution in [1.29, 1.82) is 0 Å². The third kappa shape index (κ3) is 3.90. The normalized spacial score (nSPS) is 10.3. The number of nitrogens with two attached hydrogens (primary N) is 1. The summed E-state index contributed by atoms with van der Waals surface area (Å²) in [5, 5.41) is 0.170. The average molecular weight is 309 g/mol. The third-order valence-electron chi connectivity index (χ3n) is 2.87. The first kappa shape index (κ1) is 15.2. The molecular formula is C14H14ClFN4O. The minimum atomic E-state index is -0.313. The Morgan fingerprint density at radius 1 is 1.38 bits per heavy atom. The highest BCUT2D eigenvalue weighted by molar-refractivity contribution is 6.29. The summed E-state index contributed by atoms with van der Waals surface area (Å²) in [6, 6.07) is 8.94. The molecule has 3 N–H and O–H groups in total. The zero-order valence-corrected chi connectivity index (χ0v) is 12.1. The summed E-state index contributed by atoms with van der Waals surface area (Å²) in [5.41, 5.74) is 3.54. The van der Waals surface area contributed by atoms with Crippen LogP contribution in [0.2, 0.25) is 5.15 Å². The van der Waals surface area contributed by atoms with Crippen LogP contribution in [0.1, 0.15) is 15.9 Å². The summed E-state index contributed by atoms with van der Waals surface area (Å²) in [6.45, 7) is 0.352. The Hall–Kier alpha value is -2.18. The van der Waals surface area contributed by atoms with E-state index in [2.05, 4.69) is 10.4 Å². The summed E-state index contributed by atoms with van der Waals surface area (Å²) in [7, 11) is 1.65. The molecule has 0 saturated carbocycles. The predicted molar refractivity (Wildman–Crippen MR) is 79.3 cm³/mol. The summed E-state index contributed by atoms with van der Waals surface area (Å²) >= 11 is 5.84. The van der Waals surface area contributed by atoms with Gasteiger partial charge in [0, 0.05) is 19.2 Å². The molecule has 1 amide bonds. The number of hydrogen-bond donors (Lipinski definition) is 2. The molecule has 2 rings (SSSR count). The van der Waals surface area contributed by atoms with Crippen LogP contribution in [0.15, 0.2) is 36.4 Å². The quantitative estimate of drug-likeness (QED) is 0.517.